The first-order valence-electron chi connectivity index (χ1n) is 2.57. The third kappa shape index (κ3) is 1600. The second-order valence-corrected chi connectivity index (χ2v) is 0.548. The van der Waals surface area contributed by atoms with Crippen molar-refractivity contribution in [3.63, 3.8) is 0 Å². The van der Waals surface area contributed by atoms with Crippen LogP contribution in [0, 0.1) is 0 Å². The van der Waals surface area contributed by atoms with Gasteiger partial charge in [-0.15, -0.1) is 0 Å². The Labute approximate surface area is 164 Å². The summed E-state index contributed by atoms with van der Waals surface area (Å²) in [5, 5.41) is 40.6. The molecule has 0 aliphatic carbocycles. The minimum absolute atomic E-state index is 0. The Balaban J connectivity index is -0.0000000141. The van der Waals surface area contributed by atoms with Crippen LogP contribution in [0.1, 0.15) is 0 Å². The fourth-order valence-electron chi connectivity index (χ4n) is 0. The molecule has 0 bridgehead atoms. The number of hydrogen-bond donors (Lipinski definition) is 0. The Morgan fingerprint density at radius 2 is 0.400 bits per heavy atom. The zero-order chi connectivity index (χ0) is 16.2. The van der Waals surface area contributed by atoms with Crippen LogP contribution in [0.2, 0.25) is 0 Å². The van der Waals surface area contributed by atoms with Crippen molar-refractivity contribution in [2.24, 2.45) is 0 Å². The fourth-order valence-corrected chi connectivity index (χ4v) is 0. The van der Waals surface area contributed by atoms with Gasteiger partial charge in [0, 0.05) is 0 Å². The number of hydrogen-bond acceptors (Lipinski definition) is 6. The molecule has 0 fully saturated rings. The van der Waals surface area contributed by atoms with Crippen molar-refractivity contribution in [1.29, 1.82) is 0 Å². The van der Waals surface area contributed by atoms with E-state index in [1.165, 1.54) is 0 Å². The number of nitrogens with zero attached hydrogens (tertiary/aromatic N) is 6. The van der Waals surface area contributed by atoms with Gasteiger partial charge in [-0.05, 0) is 36.5 Å². The molecule has 0 rings (SSSR count). The molecule has 101 valence electrons. The Morgan fingerprint density at radius 3 is 0.400 bits per heavy atom. The molecule has 0 saturated carbocycles. The Morgan fingerprint density at radius 1 is 0.400 bits per heavy atom. The summed E-state index contributed by atoms with van der Waals surface area (Å²) in [6, 6.07) is 0. The van der Waals surface area contributed by atoms with E-state index in [2.05, 4.69) is 0 Å². The van der Waals surface area contributed by atoms with Crippen LogP contribution in [0.3, 0.4) is 0 Å². The fraction of sp³-hybridized carbons (Fsp3) is 0. The van der Waals surface area contributed by atoms with Crippen LogP contribution >= 0.6 is 0 Å². The van der Waals surface area contributed by atoms with Crippen molar-refractivity contribution in [3.05, 3.63) is 32.5 Å². The van der Waals surface area contributed by atoms with Crippen molar-refractivity contribution in [3.8, 4) is 0 Å². The molecule has 0 aromatic carbocycles. The summed E-state index contributed by atoms with van der Waals surface area (Å²) in [5.41, 5.74) is 0. The van der Waals surface area contributed by atoms with Crippen LogP contribution < -0.4 is 51.4 Å². The van der Waals surface area contributed by atoms with Crippen LogP contribution in [0.4, 0.5) is 0 Å². The van der Waals surface area contributed by atoms with E-state index in [4.69, 9.17) is 61.2 Å². The first kappa shape index (κ1) is 51.5. The van der Waals surface area contributed by atoms with E-state index in [0.29, 0.717) is 36.5 Å². The first-order valence-corrected chi connectivity index (χ1v) is 2.57. The van der Waals surface area contributed by atoms with Gasteiger partial charge in [-0.2, -0.15) is 0 Å². The SMILES string of the molecule is [Fe+3].[K+].[N-]=C=O.[N-]=C=O.[N-]=C=O.[N-]=C=O.[N-]=C=O.[N-]=C=O. The molecule has 1 radical (unpaired) electrons. The molecule has 20 heavy (non-hydrogen) atoms. The van der Waals surface area contributed by atoms with Crippen molar-refractivity contribution in [2.75, 3.05) is 0 Å². The van der Waals surface area contributed by atoms with Gasteiger partial charge in [0.1, 0.15) is 0 Å². The normalized spacial score (nSPS) is 2.40. The van der Waals surface area contributed by atoms with Crippen molar-refractivity contribution in [2.45, 2.75) is 0 Å². The van der Waals surface area contributed by atoms with Gasteiger partial charge in [-0.1, -0.05) is 0 Å². The topological polar surface area (TPSA) is 236 Å². The minimum atomic E-state index is 0. The smallest absolute Gasteiger partial charge is 0.724 e. The predicted molar refractivity (Wildman–Crippen MR) is 54.3 cm³/mol. The van der Waals surface area contributed by atoms with E-state index in [1.54, 1.807) is 0 Å². The van der Waals surface area contributed by atoms with E-state index in [9.17, 15) is 0 Å². The van der Waals surface area contributed by atoms with Gasteiger partial charge in [0.15, 0.2) is 0 Å². The van der Waals surface area contributed by atoms with E-state index in [0.717, 1.165) is 0 Å². The second kappa shape index (κ2) is 239. The molecule has 12 nitrogen and oxygen atoms in total. The monoisotopic (exact) mass is 347 g/mol. The molecule has 0 heterocycles. The maximum Gasteiger partial charge on any atom is 3.00 e. The van der Waals surface area contributed by atoms with Gasteiger partial charge < -0.3 is 32.5 Å². The standard InChI is InChI=1S/6CNO.Fe.K/c6*2-1-3;;/q6*-1;+3;+1. The quantitative estimate of drug-likeness (QED) is 0.243. The average molecular weight is 347 g/mol. The van der Waals surface area contributed by atoms with Crippen molar-refractivity contribution < 1.29 is 97.2 Å². The van der Waals surface area contributed by atoms with Crippen LogP contribution in [-0.4, -0.2) is 36.5 Å². The molecule has 0 amide bonds. The predicted octanol–water partition coefficient (Wildman–Crippen LogP) is -3.65. The largest absolute Gasteiger partial charge is 3.00 e. The maximum absolute atomic E-state index is 8.24. The van der Waals surface area contributed by atoms with Gasteiger partial charge in [-0.25, -0.2) is 0 Å². The van der Waals surface area contributed by atoms with Crippen LogP contribution in [0.25, 0.3) is 32.5 Å². The van der Waals surface area contributed by atoms with E-state index in [-0.39, 0.29) is 68.5 Å². The summed E-state index contributed by atoms with van der Waals surface area (Å²) in [7, 11) is 0. The summed E-state index contributed by atoms with van der Waals surface area (Å²) in [6.45, 7) is 0. The molecule has 0 N–H and O–H groups in total. The molecule has 0 spiro atoms. The molecule has 14 heteroatoms. The third-order valence-corrected chi connectivity index (χ3v) is 0. The van der Waals surface area contributed by atoms with Crippen molar-refractivity contribution in [1.82, 2.24) is 0 Å². The van der Waals surface area contributed by atoms with Crippen LogP contribution in [0.5, 0.6) is 0 Å². The van der Waals surface area contributed by atoms with Crippen LogP contribution in [0.15, 0.2) is 0 Å². The molecule has 0 saturated heterocycles. The van der Waals surface area contributed by atoms with Gasteiger partial charge >= 0.3 is 68.5 Å². The van der Waals surface area contributed by atoms with E-state index < -0.39 is 0 Å². The summed E-state index contributed by atoms with van der Waals surface area (Å²) in [4.78, 5) is 49.4. The first-order chi connectivity index (χ1) is 8.49. The van der Waals surface area contributed by atoms with Gasteiger partial charge in [0.25, 0.3) is 0 Å². The third-order valence-electron chi connectivity index (χ3n) is 0. The van der Waals surface area contributed by atoms with Gasteiger partial charge in [0.05, 0.1) is 0 Å². The summed E-state index contributed by atoms with van der Waals surface area (Å²) in [6.07, 6.45) is 3.00. The molecular weight excluding hydrogens is 347 g/mol. The zero-order valence-electron chi connectivity index (χ0n) is 9.49. The summed E-state index contributed by atoms with van der Waals surface area (Å²) < 4.78 is 0. The summed E-state index contributed by atoms with van der Waals surface area (Å²) in [5.74, 6) is 0. The molecule has 0 aromatic heterocycles. The molecule has 0 atom stereocenters. The number of rotatable bonds is 0. The second-order valence-electron chi connectivity index (χ2n) is 0.548. The summed E-state index contributed by atoms with van der Waals surface area (Å²) >= 11 is 0. The van der Waals surface area contributed by atoms with E-state index >= 15 is 0 Å². The molecular formula is C6FeKN6O6-2. The van der Waals surface area contributed by atoms with Crippen molar-refractivity contribution >= 4 is 36.5 Å². The van der Waals surface area contributed by atoms with Gasteiger partial charge in [-0.3, -0.25) is 28.8 Å². The molecule has 0 aromatic rings. The Kier molecular flexibility index (Phi) is 616. The number of isocyanates is 6. The maximum atomic E-state index is 8.24. The van der Waals surface area contributed by atoms with Crippen LogP contribution in [-0.2, 0) is 45.8 Å². The Bertz CT molecular complexity index is 259. The van der Waals surface area contributed by atoms with Gasteiger partial charge in [0.2, 0.25) is 0 Å². The van der Waals surface area contributed by atoms with E-state index in [1.807, 2.05) is 0 Å². The minimum Gasteiger partial charge on any atom is -0.724 e. The number of carbonyl (C=O) groups excluding carboxylic acids is 6. The molecule has 0 unspecified atom stereocenters. The molecule has 0 aliphatic rings. The molecule has 0 aliphatic heterocycles. The average Bonchev–Trinajstić information content (AvgIpc) is 2.23. The Hall–Kier alpha value is -1.56. The zero-order valence-corrected chi connectivity index (χ0v) is 13.7.